The molecule has 0 spiro atoms. The molecule has 0 aromatic heterocycles. The zero-order valence-electron chi connectivity index (χ0n) is 12.0. The van der Waals surface area contributed by atoms with Gasteiger partial charge in [0, 0.05) is 32.7 Å². The van der Waals surface area contributed by atoms with E-state index in [1.807, 2.05) is 0 Å². The Kier molecular flexibility index (Phi) is 6.16. The molecule has 1 saturated heterocycles. The van der Waals surface area contributed by atoms with E-state index in [-0.39, 0.29) is 18.9 Å². The van der Waals surface area contributed by atoms with Gasteiger partial charge in [-0.3, -0.25) is 4.90 Å². The summed E-state index contributed by atoms with van der Waals surface area (Å²) >= 11 is 0. The number of piperazine rings is 1. The maximum atomic E-state index is 4.35. The van der Waals surface area contributed by atoms with Crippen LogP contribution in [0.1, 0.15) is 5.56 Å². The molecule has 1 aliphatic rings. The van der Waals surface area contributed by atoms with Gasteiger partial charge < -0.3 is 11.1 Å². The molecule has 94 valence electrons. The van der Waals surface area contributed by atoms with Gasteiger partial charge in [-0.1, -0.05) is 43.4 Å². The van der Waals surface area contributed by atoms with E-state index in [2.05, 4.69) is 59.4 Å². The molecule has 1 heterocycles. The summed E-state index contributed by atoms with van der Waals surface area (Å²) in [5.41, 5.74) is 1.42. The smallest absolute Gasteiger partial charge is 0.349 e. The van der Waals surface area contributed by atoms with E-state index >= 15 is 0 Å². The fourth-order valence-electron chi connectivity index (χ4n) is 2.35. The summed E-state index contributed by atoms with van der Waals surface area (Å²) in [6.07, 6.45) is 0. The summed E-state index contributed by atoms with van der Waals surface area (Å²) < 4.78 is 2.61. The van der Waals surface area contributed by atoms with Gasteiger partial charge in [-0.25, -0.2) is 0 Å². The Labute approximate surface area is 125 Å². The minimum absolute atomic E-state index is 0. The van der Waals surface area contributed by atoms with Crippen molar-refractivity contribution in [2.24, 2.45) is 0 Å². The van der Waals surface area contributed by atoms with E-state index in [4.69, 9.17) is 0 Å². The Morgan fingerprint density at radius 2 is 1.61 bits per heavy atom. The van der Waals surface area contributed by atoms with E-state index in [1.165, 1.54) is 31.7 Å². The van der Waals surface area contributed by atoms with Crippen LogP contribution in [0.25, 0.3) is 0 Å². The molecule has 0 unspecified atom stereocenters. The van der Waals surface area contributed by atoms with E-state index in [1.54, 1.807) is 0 Å². The minimum atomic E-state index is -1.32. The fraction of sp³-hybridized carbons (Fsp3) is 0.500. The summed E-state index contributed by atoms with van der Waals surface area (Å²) in [7, 11) is -1.32. The first-order valence-corrected chi connectivity index (χ1v) is 9.58. The van der Waals surface area contributed by atoms with Gasteiger partial charge in [-0.05, 0) is 13.8 Å². The summed E-state index contributed by atoms with van der Waals surface area (Å²) in [6, 6.07) is 10.8. The summed E-state index contributed by atoms with van der Waals surface area (Å²) in [5.74, 6) is 0. The van der Waals surface area contributed by atoms with Crippen molar-refractivity contribution in [3.8, 4) is 0 Å². The number of hydrogen-bond donors (Lipinski definition) is 0. The van der Waals surface area contributed by atoms with Crippen LogP contribution in [-0.2, 0) is 6.54 Å². The van der Waals surface area contributed by atoms with Crippen LogP contribution in [0, 0.1) is 6.55 Å². The monoisotopic (exact) mass is 254 g/mol. The molecule has 0 radical (unpaired) electrons. The van der Waals surface area contributed by atoms with Crippen LogP contribution in [0.4, 0.5) is 0 Å². The van der Waals surface area contributed by atoms with E-state index < -0.39 is 8.24 Å². The summed E-state index contributed by atoms with van der Waals surface area (Å²) in [5, 5.41) is 0. The molecule has 0 saturated carbocycles. The molecular weight excluding hydrogens is 231 g/mol. The maximum absolute atomic E-state index is 4.35. The van der Waals surface area contributed by atoms with Crippen LogP contribution >= 0.6 is 0 Å². The molecule has 1 aliphatic heterocycles. The first-order chi connectivity index (χ1) is 8.05. The summed E-state index contributed by atoms with van der Waals surface area (Å²) in [6.45, 7) is 14.8. The Bertz CT molecular complexity index is 343. The van der Waals surface area contributed by atoms with E-state index in [9.17, 15) is 0 Å². The van der Waals surface area contributed by atoms with Gasteiger partial charge in [0.15, 0.2) is 0 Å². The molecule has 1 fully saturated rings. The molecule has 2 nitrogen and oxygen atoms in total. The molecular formula is C14H23LiN2Si. The van der Waals surface area contributed by atoms with Gasteiger partial charge in [0.05, 0.1) is 0 Å². The van der Waals surface area contributed by atoms with Crippen molar-refractivity contribution in [3.63, 3.8) is 0 Å². The average Bonchev–Trinajstić information content (AvgIpc) is 2.30. The largest absolute Gasteiger partial charge is 1.00 e. The van der Waals surface area contributed by atoms with Crippen molar-refractivity contribution in [1.29, 1.82) is 0 Å². The number of nitrogens with zero attached hydrogens (tertiary/aromatic N) is 2. The van der Waals surface area contributed by atoms with Crippen LogP contribution in [0.5, 0.6) is 0 Å². The van der Waals surface area contributed by atoms with E-state index in [0.717, 1.165) is 6.54 Å². The molecule has 4 heteroatoms. The predicted octanol–water partition coefficient (Wildman–Crippen LogP) is -0.613. The van der Waals surface area contributed by atoms with Crippen molar-refractivity contribution in [2.75, 3.05) is 26.2 Å². The molecule has 1 aromatic carbocycles. The van der Waals surface area contributed by atoms with Gasteiger partial charge in [-0.2, -0.15) is 0 Å². The molecule has 0 aliphatic carbocycles. The third kappa shape index (κ3) is 4.57. The fourth-order valence-corrected chi connectivity index (χ4v) is 3.76. The normalized spacial score (nSPS) is 18.4. The molecule has 0 atom stereocenters. The van der Waals surface area contributed by atoms with Gasteiger partial charge in [0.2, 0.25) is 0 Å². The van der Waals surface area contributed by atoms with Crippen molar-refractivity contribution < 1.29 is 18.9 Å². The maximum Gasteiger partial charge on any atom is 1.00 e. The molecule has 2 rings (SSSR count). The standard InChI is InChI=1S/C14H23N2Si.Li/c1-17(2,3)16-11-9-15(10-12-16)13-14-7-5-4-6-8-14;/h4-8H,1,9-13H2,2-3H3;/q-1;+1. The molecule has 1 aromatic rings. The second-order valence-corrected chi connectivity index (χ2v) is 9.82. The second-order valence-electron chi connectivity index (χ2n) is 5.56. The van der Waals surface area contributed by atoms with Crippen molar-refractivity contribution >= 4 is 8.24 Å². The van der Waals surface area contributed by atoms with Gasteiger partial charge in [0.25, 0.3) is 0 Å². The zero-order chi connectivity index (χ0) is 12.3. The molecule has 0 bridgehead atoms. The van der Waals surface area contributed by atoms with Gasteiger partial charge in [0.1, 0.15) is 0 Å². The van der Waals surface area contributed by atoms with Crippen molar-refractivity contribution in [2.45, 2.75) is 19.6 Å². The third-order valence-electron chi connectivity index (χ3n) is 3.48. The van der Waals surface area contributed by atoms with Crippen molar-refractivity contribution in [3.05, 3.63) is 42.4 Å². The zero-order valence-corrected chi connectivity index (χ0v) is 13.0. The number of benzene rings is 1. The second kappa shape index (κ2) is 6.93. The topological polar surface area (TPSA) is 6.48 Å². The number of hydrogen-bond acceptors (Lipinski definition) is 2. The van der Waals surface area contributed by atoms with Crippen LogP contribution < -0.4 is 18.9 Å². The first-order valence-electron chi connectivity index (χ1n) is 6.42. The molecule has 0 N–H and O–H groups in total. The Morgan fingerprint density at radius 1 is 1.06 bits per heavy atom. The van der Waals surface area contributed by atoms with Gasteiger partial charge in [-0.15, -0.1) is 0 Å². The third-order valence-corrected chi connectivity index (χ3v) is 5.64. The van der Waals surface area contributed by atoms with E-state index in [0.29, 0.717) is 0 Å². The number of rotatable bonds is 3. The molecule has 0 amide bonds. The Balaban J connectivity index is 0.00000162. The molecule has 18 heavy (non-hydrogen) atoms. The minimum Gasteiger partial charge on any atom is -0.349 e. The Morgan fingerprint density at radius 3 is 2.11 bits per heavy atom. The summed E-state index contributed by atoms with van der Waals surface area (Å²) in [4.78, 5) is 2.55. The first kappa shape index (κ1) is 16.0. The van der Waals surface area contributed by atoms with Crippen LogP contribution in [0.15, 0.2) is 30.3 Å². The van der Waals surface area contributed by atoms with Gasteiger partial charge >= 0.3 is 18.9 Å². The van der Waals surface area contributed by atoms with Crippen LogP contribution in [0.2, 0.25) is 13.1 Å². The Hall–Kier alpha value is -0.0457. The average molecular weight is 254 g/mol. The van der Waals surface area contributed by atoms with Crippen LogP contribution in [-0.4, -0.2) is 43.9 Å². The van der Waals surface area contributed by atoms with Crippen molar-refractivity contribution in [1.82, 2.24) is 9.47 Å². The quantitative estimate of drug-likeness (QED) is 0.524. The predicted molar refractivity (Wildman–Crippen MR) is 76.1 cm³/mol. The SMILES string of the molecule is [CH2-][Si](C)(C)N1CCN(Cc2ccccc2)CC1.[Li+]. The van der Waals surface area contributed by atoms with Crippen LogP contribution in [0.3, 0.4) is 0 Å².